The van der Waals surface area contributed by atoms with Crippen LogP contribution < -0.4 is 16.0 Å². The lowest BCUT2D eigenvalue weighted by Crippen LogP contribution is -2.63. The quantitative estimate of drug-likeness (QED) is 0.418. The van der Waals surface area contributed by atoms with Crippen molar-refractivity contribution >= 4 is 22.6 Å². The Kier molecular flexibility index (Phi) is 7.20. The molecule has 1 amide bonds. The molecule has 2 aliphatic rings. The second-order valence-corrected chi connectivity index (χ2v) is 11.2. The first-order chi connectivity index (χ1) is 16.7. The highest BCUT2D eigenvalue weighted by Gasteiger charge is 2.45. The average molecular weight is 509 g/mol. The minimum absolute atomic E-state index is 0.0725. The number of benzene rings is 1. The van der Waals surface area contributed by atoms with Crippen molar-refractivity contribution in [2.24, 2.45) is 0 Å². The Bertz CT molecular complexity index is 1110. The number of alkyl halides is 3. The van der Waals surface area contributed by atoms with Gasteiger partial charge in [-0.1, -0.05) is 0 Å². The Labute approximate surface area is 209 Å². The lowest BCUT2D eigenvalue weighted by molar-refractivity contribution is -0.896. The molecular weight excluding hydrogens is 473 g/mol. The van der Waals surface area contributed by atoms with Gasteiger partial charge in [-0.15, -0.1) is 0 Å². The SMILES string of the molecule is CC(=O)N[C@@H]1C[C@H](NC(C)(C)C)CC[C@@H]1[N@+]1([O-])CCC(Nc2ncnc3ccc(C(F)(F)F)cc23)C1. The van der Waals surface area contributed by atoms with Crippen molar-refractivity contribution in [1.82, 2.24) is 20.6 Å². The number of hydroxylamine groups is 3. The summed E-state index contributed by atoms with van der Waals surface area (Å²) < 4.78 is 39.4. The van der Waals surface area contributed by atoms with E-state index in [2.05, 4.69) is 46.7 Å². The molecule has 5 atom stereocenters. The van der Waals surface area contributed by atoms with Gasteiger partial charge in [0.2, 0.25) is 5.91 Å². The van der Waals surface area contributed by atoms with Crippen molar-refractivity contribution in [3.63, 3.8) is 0 Å². The zero-order valence-corrected chi connectivity index (χ0v) is 21.2. The maximum Gasteiger partial charge on any atom is 0.416 e. The van der Waals surface area contributed by atoms with Gasteiger partial charge < -0.3 is 25.8 Å². The monoisotopic (exact) mass is 508 g/mol. The van der Waals surface area contributed by atoms with Crippen LogP contribution in [0, 0.1) is 5.21 Å². The number of hydrogen-bond donors (Lipinski definition) is 3. The molecule has 1 aromatic heterocycles. The molecule has 1 aliphatic carbocycles. The molecule has 1 saturated carbocycles. The first-order valence-corrected chi connectivity index (χ1v) is 12.4. The molecule has 0 radical (unpaired) electrons. The highest BCUT2D eigenvalue weighted by molar-refractivity contribution is 5.89. The third kappa shape index (κ3) is 6.07. The number of rotatable bonds is 5. The number of carbonyl (C=O) groups is 1. The molecule has 3 N–H and O–H groups in total. The van der Waals surface area contributed by atoms with Crippen molar-refractivity contribution in [3.05, 3.63) is 35.3 Å². The molecule has 11 heteroatoms. The smallest absolute Gasteiger partial charge is 0.416 e. The maximum atomic E-state index is 14.0. The van der Waals surface area contributed by atoms with Crippen LogP contribution in [-0.4, -0.2) is 63.3 Å². The second-order valence-electron chi connectivity index (χ2n) is 11.2. The molecule has 1 aliphatic heterocycles. The first-order valence-electron chi connectivity index (χ1n) is 12.4. The minimum atomic E-state index is -4.48. The van der Waals surface area contributed by atoms with Crippen LogP contribution in [0.25, 0.3) is 10.9 Å². The van der Waals surface area contributed by atoms with Crippen molar-refractivity contribution in [2.45, 2.75) is 89.3 Å². The maximum absolute atomic E-state index is 14.0. The van der Waals surface area contributed by atoms with Crippen molar-refractivity contribution < 1.29 is 22.6 Å². The van der Waals surface area contributed by atoms with Crippen LogP contribution >= 0.6 is 0 Å². The number of halogens is 3. The van der Waals surface area contributed by atoms with E-state index in [1.54, 1.807) is 0 Å². The van der Waals surface area contributed by atoms with Gasteiger partial charge in [0, 0.05) is 36.7 Å². The number of fused-ring (bicyclic) bond motifs is 1. The predicted molar refractivity (Wildman–Crippen MR) is 132 cm³/mol. The molecule has 2 heterocycles. The first kappa shape index (κ1) is 26.6. The number of nitrogens with one attached hydrogen (secondary N) is 3. The van der Waals surface area contributed by atoms with Crippen molar-refractivity contribution in [2.75, 3.05) is 18.4 Å². The van der Waals surface area contributed by atoms with Gasteiger partial charge in [0.1, 0.15) is 18.2 Å². The molecule has 0 spiro atoms. The van der Waals surface area contributed by atoms with Crippen LogP contribution in [0.5, 0.6) is 0 Å². The van der Waals surface area contributed by atoms with Crippen LogP contribution in [0.3, 0.4) is 0 Å². The highest BCUT2D eigenvalue weighted by Crippen LogP contribution is 2.36. The zero-order chi connectivity index (χ0) is 26.3. The molecule has 1 aromatic carbocycles. The van der Waals surface area contributed by atoms with Gasteiger partial charge in [0.25, 0.3) is 0 Å². The number of carbonyl (C=O) groups excluding carboxylic acids is 1. The Morgan fingerprint density at radius 1 is 1.11 bits per heavy atom. The van der Waals surface area contributed by atoms with Crippen LogP contribution in [0.15, 0.2) is 24.5 Å². The predicted octanol–water partition coefficient (Wildman–Crippen LogP) is 3.96. The van der Waals surface area contributed by atoms with Crippen LogP contribution in [0.1, 0.15) is 58.9 Å². The molecular formula is C25H35F3N6O2. The van der Waals surface area contributed by atoms with Gasteiger partial charge in [0.15, 0.2) is 0 Å². The van der Waals surface area contributed by atoms with E-state index in [0.29, 0.717) is 37.1 Å². The third-order valence-electron chi connectivity index (χ3n) is 7.13. The van der Waals surface area contributed by atoms with Gasteiger partial charge in [-0.2, -0.15) is 13.2 Å². The van der Waals surface area contributed by atoms with Crippen LogP contribution in [0.4, 0.5) is 19.0 Å². The molecule has 1 unspecified atom stereocenters. The van der Waals surface area contributed by atoms with E-state index in [4.69, 9.17) is 0 Å². The average Bonchev–Trinajstić information content (AvgIpc) is 3.13. The largest absolute Gasteiger partial charge is 0.632 e. The molecule has 4 rings (SSSR count). The Morgan fingerprint density at radius 3 is 2.53 bits per heavy atom. The number of anilines is 1. The molecule has 0 bridgehead atoms. The standard InChI is InChI=1S/C25H35F3N6O2/c1-15(35)31-21-12-17(33-24(2,3)4)6-8-22(21)34(36)10-9-18(13-34)32-23-19-11-16(25(26,27)28)5-7-20(19)29-14-30-23/h5,7,11,14,17-18,21-22,33H,6,8-10,12-13H2,1-4H3,(H,31,35)(H,29,30,32)/t17-,18?,21-,22+,34+/m1/s1. The fourth-order valence-corrected chi connectivity index (χ4v) is 5.77. The lowest BCUT2D eigenvalue weighted by atomic mass is 9.84. The van der Waals surface area contributed by atoms with E-state index in [1.165, 1.54) is 19.3 Å². The van der Waals surface area contributed by atoms with Gasteiger partial charge in [-0.05, 0) is 51.8 Å². The Morgan fingerprint density at radius 2 is 1.86 bits per heavy atom. The molecule has 2 fully saturated rings. The van der Waals surface area contributed by atoms with Crippen LogP contribution in [-0.2, 0) is 11.0 Å². The summed E-state index contributed by atoms with van der Waals surface area (Å²) in [6.07, 6.45) is -0.410. The van der Waals surface area contributed by atoms with Crippen molar-refractivity contribution in [3.8, 4) is 0 Å². The summed E-state index contributed by atoms with van der Waals surface area (Å²) in [5.41, 5.74) is -0.444. The summed E-state index contributed by atoms with van der Waals surface area (Å²) in [7, 11) is 0. The number of hydrogen-bond acceptors (Lipinski definition) is 6. The van der Waals surface area contributed by atoms with E-state index in [1.807, 2.05) is 0 Å². The topological polar surface area (TPSA) is 102 Å². The summed E-state index contributed by atoms with van der Waals surface area (Å²) in [5, 5.41) is 24.1. The van der Waals surface area contributed by atoms with E-state index in [9.17, 15) is 23.2 Å². The second kappa shape index (κ2) is 9.75. The number of quaternary nitrogens is 1. The summed E-state index contributed by atoms with van der Waals surface area (Å²) in [6, 6.07) is 2.80. The molecule has 2 aromatic rings. The summed E-state index contributed by atoms with van der Waals surface area (Å²) >= 11 is 0. The van der Waals surface area contributed by atoms with Gasteiger partial charge in [-0.3, -0.25) is 4.79 Å². The highest BCUT2D eigenvalue weighted by atomic mass is 19.4. The minimum Gasteiger partial charge on any atom is -0.632 e. The zero-order valence-electron chi connectivity index (χ0n) is 21.2. The van der Waals surface area contributed by atoms with E-state index < -0.39 is 16.4 Å². The molecule has 198 valence electrons. The summed E-state index contributed by atoms with van der Waals surface area (Å²) in [5.74, 6) is 0.135. The third-order valence-corrected chi connectivity index (χ3v) is 7.13. The Hall–Kier alpha value is -2.50. The number of aromatic nitrogens is 2. The van der Waals surface area contributed by atoms with Gasteiger partial charge in [-0.25, -0.2) is 9.97 Å². The van der Waals surface area contributed by atoms with E-state index in [-0.39, 0.29) is 47.5 Å². The van der Waals surface area contributed by atoms with Crippen LogP contribution in [0.2, 0.25) is 0 Å². The van der Waals surface area contributed by atoms with Crippen molar-refractivity contribution in [1.29, 1.82) is 0 Å². The molecule has 36 heavy (non-hydrogen) atoms. The van der Waals surface area contributed by atoms with E-state index in [0.717, 1.165) is 18.6 Å². The summed E-state index contributed by atoms with van der Waals surface area (Å²) in [6.45, 7) is 8.38. The Balaban J connectivity index is 1.51. The summed E-state index contributed by atoms with van der Waals surface area (Å²) in [4.78, 5) is 20.2. The normalized spacial score (nSPS) is 29.3. The number of amides is 1. The van der Waals surface area contributed by atoms with Gasteiger partial charge >= 0.3 is 6.18 Å². The van der Waals surface area contributed by atoms with E-state index >= 15 is 0 Å². The molecule has 1 saturated heterocycles. The molecule has 8 nitrogen and oxygen atoms in total. The fourth-order valence-electron chi connectivity index (χ4n) is 5.77. The number of likely N-dealkylation sites (tertiary alicyclic amines) is 1. The lowest BCUT2D eigenvalue weighted by Gasteiger charge is -2.52. The fraction of sp³-hybridized carbons (Fsp3) is 0.640. The number of nitrogens with zero attached hydrogens (tertiary/aromatic N) is 3. The van der Waals surface area contributed by atoms with Gasteiger partial charge in [0.05, 0.1) is 36.3 Å².